The number of carbonyl (C=O) groups is 1. The van der Waals surface area contributed by atoms with Crippen LogP contribution in [0.5, 0.6) is 5.75 Å². The summed E-state index contributed by atoms with van der Waals surface area (Å²) >= 11 is 1.48. The predicted octanol–water partition coefficient (Wildman–Crippen LogP) is 4.07. The van der Waals surface area contributed by atoms with E-state index in [0.717, 1.165) is 10.6 Å². The second-order valence-electron chi connectivity index (χ2n) is 5.78. The van der Waals surface area contributed by atoms with Crippen LogP contribution in [0.25, 0.3) is 0 Å². The molecule has 0 bridgehead atoms. The molecule has 0 saturated carbocycles. The van der Waals surface area contributed by atoms with Gasteiger partial charge in [0.25, 0.3) is 0 Å². The van der Waals surface area contributed by atoms with Crippen molar-refractivity contribution >= 4 is 22.9 Å². The van der Waals surface area contributed by atoms with Gasteiger partial charge < -0.3 is 10.1 Å². The molecule has 0 saturated heterocycles. The molecule has 1 amide bonds. The first-order valence-corrected chi connectivity index (χ1v) is 9.14. The number of carbonyl (C=O) groups excluding carboxylic acids is 1. The molecule has 0 aliphatic rings. The number of nitrogens with one attached hydrogen (secondary N) is 1. The molecule has 0 unspecified atom stereocenters. The van der Waals surface area contributed by atoms with E-state index in [1.54, 1.807) is 36.4 Å². The Labute approximate surface area is 161 Å². The summed E-state index contributed by atoms with van der Waals surface area (Å²) in [6, 6.07) is 13.4. The number of nitrogens with zero attached hydrogens (tertiary/aromatic N) is 1. The minimum atomic E-state index is -0.260. The predicted molar refractivity (Wildman–Crippen MR) is 104 cm³/mol. The minimum absolute atomic E-state index is 0.164. The van der Waals surface area contributed by atoms with E-state index < -0.39 is 0 Å². The Bertz CT molecular complexity index is 961. The highest BCUT2D eigenvalue weighted by atomic mass is 32.1. The molecule has 1 N–H and O–H groups in total. The van der Waals surface area contributed by atoms with Crippen molar-refractivity contribution in [2.75, 3.05) is 11.9 Å². The molecule has 3 rings (SSSR count). The molecule has 0 aliphatic carbocycles. The van der Waals surface area contributed by atoms with Crippen molar-refractivity contribution in [3.8, 4) is 18.1 Å². The summed E-state index contributed by atoms with van der Waals surface area (Å²) in [5, 5.41) is 5.57. The number of terminal acetylenes is 1. The van der Waals surface area contributed by atoms with Crippen LogP contribution in [-0.2, 0) is 17.6 Å². The number of hydrogen-bond donors (Lipinski definition) is 1. The highest BCUT2D eigenvalue weighted by Gasteiger charge is 2.09. The fourth-order valence-electron chi connectivity index (χ4n) is 2.45. The van der Waals surface area contributed by atoms with Crippen molar-refractivity contribution in [3.05, 3.63) is 76.0 Å². The van der Waals surface area contributed by atoms with Gasteiger partial charge in [0.1, 0.15) is 18.2 Å². The third-order valence-electron chi connectivity index (χ3n) is 3.65. The van der Waals surface area contributed by atoms with Crippen LogP contribution in [0, 0.1) is 18.2 Å². The number of amides is 1. The summed E-state index contributed by atoms with van der Waals surface area (Å²) in [5.74, 6) is 2.57. The minimum Gasteiger partial charge on any atom is -0.481 e. The van der Waals surface area contributed by atoms with Crippen molar-refractivity contribution in [2.24, 2.45) is 0 Å². The number of ether oxygens (including phenoxy) is 1. The quantitative estimate of drug-likeness (QED) is 0.629. The number of thiazole rings is 1. The van der Waals surface area contributed by atoms with E-state index in [1.165, 1.54) is 23.5 Å². The molecule has 0 atom stereocenters. The second kappa shape index (κ2) is 8.97. The number of rotatable bonds is 7. The zero-order chi connectivity index (χ0) is 19.1. The van der Waals surface area contributed by atoms with E-state index in [0.29, 0.717) is 23.6 Å². The first-order chi connectivity index (χ1) is 13.1. The molecule has 0 aliphatic heterocycles. The Balaban J connectivity index is 1.56. The van der Waals surface area contributed by atoms with E-state index in [-0.39, 0.29) is 24.8 Å². The number of anilines is 1. The van der Waals surface area contributed by atoms with Crippen molar-refractivity contribution in [2.45, 2.75) is 12.8 Å². The molecular formula is C21H17FN2O2S. The monoisotopic (exact) mass is 380 g/mol. The van der Waals surface area contributed by atoms with Crippen LogP contribution >= 0.6 is 11.3 Å². The molecule has 136 valence electrons. The van der Waals surface area contributed by atoms with Gasteiger partial charge in [-0.3, -0.25) is 4.79 Å². The van der Waals surface area contributed by atoms with Gasteiger partial charge >= 0.3 is 0 Å². The van der Waals surface area contributed by atoms with Crippen LogP contribution in [0.3, 0.4) is 0 Å². The van der Waals surface area contributed by atoms with Gasteiger partial charge in [0.15, 0.2) is 0 Å². The van der Waals surface area contributed by atoms with Gasteiger partial charge in [-0.1, -0.05) is 24.1 Å². The Morgan fingerprint density at radius 3 is 2.85 bits per heavy atom. The summed E-state index contributed by atoms with van der Waals surface area (Å²) in [6.45, 7) is 0.174. The van der Waals surface area contributed by atoms with E-state index >= 15 is 0 Å². The lowest BCUT2D eigenvalue weighted by molar-refractivity contribution is -0.115. The van der Waals surface area contributed by atoms with Crippen molar-refractivity contribution in [1.82, 2.24) is 4.98 Å². The van der Waals surface area contributed by atoms with Crippen LogP contribution in [0.1, 0.15) is 16.3 Å². The zero-order valence-electron chi connectivity index (χ0n) is 14.4. The van der Waals surface area contributed by atoms with Gasteiger partial charge in [-0.05, 0) is 29.8 Å². The first-order valence-electron chi connectivity index (χ1n) is 8.26. The van der Waals surface area contributed by atoms with Crippen LogP contribution in [0.2, 0.25) is 0 Å². The summed E-state index contributed by atoms with van der Waals surface area (Å²) in [4.78, 5) is 16.7. The van der Waals surface area contributed by atoms with E-state index in [1.807, 2.05) is 5.38 Å². The smallest absolute Gasteiger partial charge is 0.230 e. The average Bonchev–Trinajstić information content (AvgIpc) is 3.09. The lowest BCUT2D eigenvalue weighted by Gasteiger charge is -2.07. The van der Waals surface area contributed by atoms with Gasteiger partial charge in [-0.15, -0.1) is 17.8 Å². The molecule has 4 nitrogen and oxygen atoms in total. The van der Waals surface area contributed by atoms with E-state index in [4.69, 9.17) is 11.2 Å². The van der Waals surface area contributed by atoms with E-state index in [2.05, 4.69) is 16.2 Å². The zero-order valence-corrected chi connectivity index (χ0v) is 15.3. The standard InChI is InChI=1S/C21H17FN2O2S/c1-2-10-26-19-5-3-4-17(12-19)23-20(25)13-18-14-27-21(24-18)11-15-6-8-16(22)9-7-15/h1,3-9,12,14H,10-11,13H2,(H,23,25). The highest BCUT2D eigenvalue weighted by molar-refractivity contribution is 7.09. The molecule has 1 heterocycles. The molecule has 3 aromatic rings. The fraction of sp³-hybridized carbons (Fsp3) is 0.143. The second-order valence-corrected chi connectivity index (χ2v) is 6.72. The first kappa shape index (κ1) is 18.6. The van der Waals surface area contributed by atoms with Crippen LogP contribution in [-0.4, -0.2) is 17.5 Å². The number of benzene rings is 2. The van der Waals surface area contributed by atoms with Gasteiger partial charge in [0.05, 0.1) is 17.1 Å². The van der Waals surface area contributed by atoms with Crippen LogP contribution in [0.15, 0.2) is 53.9 Å². The Morgan fingerprint density at radius 2 is 2.07 bits per heavy atom. The number of halogens is 1. The number of aromatic nitrogens is 1. The summed E-state index contributed by atoms with van der Waals surface area (Å²) in [7, 11) is 0. The maximum Gasteiger partial charge on any atom is 0.230 e. The van der Waals surface area contributed by atoms with Crippen molar-refractivity contribution in [1.29, 1.82) is 0 Å². The molecule has 0 radical (unpaired) electrons. The average molecular weight is 380 g/mol. The molecule has 0 spiro atoms. The third kappa shape index (κ3) is 5.66. The molecule has 0 fully saturated rings. The fourth-order valence-corrected chi connectivity index (χ4v) is 3.27. The molecular weight excluding hydrogens is 363 g/mol. The molecule has 27 heavy (non-hydrogen) atoms. The summed E-state index contributed by atoms with van der Waals surface area (Å²) in [6.07, 6.45) is 5.96. The normalized spacial score (nSPS) is 10.2. The largest absolute Gasteiger partial charge is 0.481 e. The van der Waals surface area contributed by atoms with Gasteiger partial charge in [-0.25, -0.2) is 9.37 Å². The number of hydrogen-bond acceptors (Lipinski definition) is 4. The summed E-state index contributed by atoms with van der Waals surface area (Å²) in [5.41, 5.74) is 2.32. The Kier molecular flexibility index (Phi) is 6.18. The van der Waals surface area contributed by atoms with Crippen LogP contribution < -0.4 is 10.1 Å². The SMILES string of the molecule is C#CCOc1cccc(NC(=O)Cc2csc(Cc3ccc(F)cc3)n2)c1. The lowest BCUT2D eigenvalue weighted by Crippen LogP contribution is -2.14. The van der Waals surface area contributed by atoms with Crippen LogP contribution in [0.4, 0.5) is 10.1 Å². The Morgan fingerprint density at radius 1 is 1.26 bits per heavy atom. The third-order valence-corrected chi connectivity index (χ3v) is 4.55. The Hall–Kier alpha value is -3.17. The summed E-state index contributed by atoms with van der Waals surface area (Å²) < 4.78 is 18.3. The maximum atomic E-state index is 13.0. The molecule has 1 aromatic heterocycles. The van der Waals surface area contributed by atoms with E-state index in [9.17, 15) is 9.18 Å². The van der Waals surface area contributed by atoms with Gasteiger partial charge in [0, 0.05) is 23.6 Å². The lowest BCUT2D eigenvalue weighted by atomic mass is 10.1. The van der Waals surface area contributed by atoms with Gasteiger partial charge in [0.2, 0.25) is 5.91 Å². The van der Waals surface area contributed by atoms with Crippen molar-refractivity contribution in [3.63, 3.8) is 0 Å². The van der Waals surface area contributed by atoms with Crippen molar-refractivity contribution < 1.29 is 13.9 Å². The van der Waals surface area contributed by atoms with Gasteiger partial charge in [-0.2, -0.15) is 0 Å². The highest BCUT2D eigenvalue weighted by Crippen LogP contribution is 2.19. The molecule has 2 aromatic carbocycles. The molecule has 6 heteroatoms. The topological polar surface area (TPSA) is 51.2 Å². The maximum absolute atomic E-state index is 13.0.